The van der Waals surface area contributed by atoms with Gasteiger partial charge in [-0.3, -0.25) is 4.68 Å². The zero-order chi connectivity index (χ0) is 12.3. The lowest BCUT2D eigenvalue weighted by atomic mass is 10.1. The zero-order valence-corrected chi connectivity index (χ0v) is 11.2. The van der Waals surface area contributed by atoms with E-state index in [2.05, 4.69) is 32.2 Å². The molecule has 1 N–H and O–H groups in total. The van der Waals surface area contributed by atoms with Crippen molar-refractivity contribution in [1.29, 1.82) is 0 Å². The first-order chi connectivity index (χ1) is 8.24. The predicted octanol–water partition coefficient (Wildman–Crippen LogP) is 1.34. The van der Waals surface area contributed by atoms with Crippen molar-refractivity contribution in [2.24, 2.45) is 7.05 Å². The summed E-state index contributed by atoms with van der Waals surface area (Å²) in [6.07, 6.45) is 3.67. The number of aromatic nitrogens is 4. The quantitative estimate of drug-likeness (QED) is 0.871. The number of aryl methyl sites for hydroxylation is 2. The van der Waals surface area contributed by atoms with Gasteiger partial charge < -0.3 is 5.32 Å². The second-order valence-electron chi connectivity index (χ2n) is 3.98. The van der Waals surface area contributed by atoms with Crippen LogP contribution in [0.2, 0.25) is 0 Å². The largest absolute Gasteiger partial charge is 0.311 e. The molecule has 5 nitrogen and oxygen atoms in total. The van der Waals surface area contributed by atoms with Crippen LogP contribution >= 0.6 is 11.7 Å². The molecule has 0 saturated heterocycles. The lowest BCUT2D eigenvalue weighted by Gasteiger charge is -2.12. The highest BCUT2D eigenvalue weighted by atomic mass is 32.1. The molecule has 0 fully saturated rings. The highest BCUT2D eigenvalue weighted by Crippen LogP contribution is 2.17. The van der Waals surface area contributed by atoms with Gasteiger partial charge in [0.25, 0.3) is 0 Å². The third-order valence-corrected chi connectivity index (χ3v) is 3.38. The minimum absolute atomic E-state index is 0.203. The summed E-state index contributed by atoms with van der Waals surface area (Å²) in [7, 11) is 3.93. The smallest absolute Gasteiger partial charge is 0.0916 e. The summed E-state index contributed by atoms with van der Waals surface area (Å²) in [5.74, 6) is 0. The van der Waals surface area contributed by atoms with E-state index in [4.69, 9.17) is 0 Å². The van der Waals surface area contributed by atoms with Gasteiger partial charge in [-0.2, -0.15) is 13.8 Å². The van der Waals surface area contributed by atoms with Crippen LogP contribution in [-0.4, -0.2) is 25.6 Å². The molecule has 17 heavy (non-hydrogen) atoms. The maximum Gasteiger partial charge on any atom is 0.0916 e. The van der Waals surface area contributed by atoms with Crippen LogP contribution in [0.25, 0.3) is 0 Å². The Morgan fingerprint density at radius 2 is 2.35 bits per heavy atom. The highest BCUT2D eigenvalue weighted by molar-refractivity contribution is 6.99. The minimum atomic E-state index is 0.203. The molecule has 0 aliphatic heterocycles. The number of rotatable bonds is 5. The lowest BCUT2D eigenvalue weighted by molar-refractivity contribution is 0.552. The van der Waals surface area contributed by atoms with Gasteiger partial charge in [-0.05, 0) is 19.5 Å². The predicted molar refractivity (Wildman–Crippen MR) is 68.0 cm³/mol. The maximum atomic E-state index is 4.45. The molecule has 0 bridgehead atoms. The molecule has 0 amide bonds. The summed E-state index contributed by atoms with van der Waals surface area (Å²) in [5.41, 5.74) is 3.35. The van der Waals surface area contributed by atoms with Gasteiger partial charge in [0, 0.05) is 19.2 Å². The molecule has 0 aliphatic rings. The van der Waals surface area contributed by atoms with Crippen molar-refractivity contribution >= 4 is 11.7 Å². The van der Waals surface area contributed by atoms with Crippen molar-refractivity contribution in [2.45, 2.75) is 25.8 Å². The third kappa shape index (κ3) is 2.70. The van der Waals surface area contributed by atoms with Gasteiger partial charge in [0.1, 0.15) is 0 Å². The topological polar surface area (TPSA) is 55.6 Å². The van der Waals surface area contributed by atoms with E-state index in [0.717, 1.165) is 24.2 Å². The standard InChI is InChI=1S/C11H17N5S/c1-4-8-5-9(16(3)14-8)6-10(12-2)11-7-13-17-15-11/h5,7,10,12H,4,6H2,1-3H3. The summed E-state index contributed by atoms with van der Waals surface area (Å²) in [5, 5.41) is 7.72. The maximum absolute atomic E-state index is 4.45. The molecule has 6 heteroatoms. The van der Waals surface area contributed by atoms with E-state index in [0.29, 0.717) is 0 Å². The lowest BCUT2D eigenvalue weighted by Crippen LogP contribution is -2.20. The normalized spacial score (nSPS) is 12.9. The van der Waals surface area contributed by atoms with Crippen LogP contribution in [0, 0.1) is 0 Å². The van der Waals surface area contributed by atoms with E-state index in [-0.39, 0.29) is 6.04 Å². The highest BCUT2D eigenvalue weighted by Gasteiger charge is 2.15. The minimum Gasteiger partial charge on any atom is -0.311 e. The number of nitrogens with zero attached hydrogens (tertiary/aromatic N) is 4. The molecule has 0 aliphatic carbocycles. The molecule has 0 radical (unpaired) electrons. The van der Waals surface area contributed by atoms with Crippen LogP contribution in [0.15, 0.2) is 12.3 Å². The van der Waals surface area contributed by atoms with Gasteiger partial charge in [-0.25, -0.2) is 0 Å². The van der Waals surface area contributed by atoms with Gasteiger partial charge in [-0.1, -0.05) is 6.92 Å². The molecule has 0 spiro atoms. The molecule has 92 valence electrons. The molecular formula is C11H17N5S. The van der Waals surface area contributed by atoms with Crippen molar-refractivity contribution < 1.29 is 0 Å². The molecule has 1 atom stereocenters. The molecule has 2 aromatic heterocycles. The number of hydrogen-bond acceptors (Lipinski definition) is 5. The fraction of sp³-hybridized carbons (Fsp3) is 0.545. The Morgan fingerprint density at radius 3 is 2.88 bits per heavy atom. The molecule has 2 rings (SSSR count). The average Bonchev–Trinajstić information content (AvgIpc) is 2.96. The second kappa shape index (κ2) is 5.37. The van der Waals surface area contributed by atoms with Crippen molar-refractivity contribution in [3.63, 3.8) is 0 Å². The zero-order valence-electron chi connectivity index (χ0n) is 10.3. The van der Waals surface area contributed by atoms with Crippen LogP contribution in [0.3, 0.4) is 0 Å². The van der Waals surface area contributed by atoms with E-state index in [1.807, 2.05) is 25.0 Å². The summed E-state index contributed by atoms with van der Waals surface area (Å²) in [6.45, 7) is 2.12. The molecule has 0 saturated carbocycles. The van der Waals surface area contributed by atoms with Gasteiger partial charge >= 0.3 is 0 Å². The number of likely N-dealkylation sites (N-methyl/N-ethyl adjacent to an activating group) is 1. The summed E-state index contributed by atoms with van der Waals surface area (Å²) in [6, 6.07) is 2.36. The molecule has 0 aromatic carbocycles. The molecular weight excluding hydrogens is 234 g/mol. The Bertz CT molecular complexity index is 462. The SMILES string of the molecule is CCc1cc(CC(NC)c2cnsn2)n(C)n1. The van der Waals surface area contributed by atoms with Gasteiger partial charge in [0.05, 0.1) is 35.4 Å². The fourth-order valence-electron chi connectivity index (χ4n) is 1.82. The number of hydrogen-bond donors (Lipinski definition) is 1. The second-order valence-corrected chi connectivity index (χ2v) is 4.54. The van der Waals surface area contributed by atoms with Gasteiger partial charge in [0.2, 0.25) is 0 Å². The van der Waals surface area contributed by atoms with Crippen LogP contribution in [0.4, 0.5) is 0 Å². The Hall–Kier alpha value is -1.27. The van der Waals surface area contributed by atoms with Crippen LogP contribution in [0.5, 0.6) is 0 Å². The number of nitrogens with one attached hydrogen (secondary N) is 1. The van der Waals surface area contributed by atoms with Gasteiger partial charge in [0.15, 0.2) is 0 Å². The summed E-state index contributed by atoms with van der Waals surface area (Å²) in [4.78, 5) is 0. The Balaban J connectivity index is 2.15. The van der Waals surface area contributed by atoms with Crippen molar-refractivity contribution in [1.82, 2.24) is 23.8 Å². The first kappa shape index (κ1) is 12.2. The van der Waals surface area contributed by atoms with Crippen LogP contribution in [-0.2, 0) is 19.9 Å². The fourth-order valence-corrected chi connectivity index (χ4v) is 2.30. The van der Waals surface area contributed by atoms with Crippen molar-refractivity contribution in [3.05, 3.63) is 29.3 Å². The Labute approximate surface area is 105 Å². The van der Waals surface area contributed by atoms with E-state index in [1.54, 1.807) is 0 Å². The monoisotopic (exact) mass is 251 g/mol. The molecule has 2 aromatic rings. The third-order valence-electron chi connectivity index (χ3n) is 2.89. The Morgan fingerprint density at radius 1 is 1.53 bits per heavy atom. The van der Waals surface area contributed by atoms with Crippen molar-refractivity contribution in [2.75, 3.05) is 7.05 Å². The summed E-state index contributed by atoms with van der Waals surface area (Å²) < 4.78 is 10.3. The van der Waals surface area contributed by atoms with Crippen LogP contribution in [0.1, 0.15) is 30.0 Å². The first-order valence-corrected chi connectivity index (χ1v) is 6.44. The summed E-state index contributed by atoms with van der Waals surface area (Å²) >= 11 is 1.25. The Kier molecular flexibility index (Phi) is 3.86. The van der Waals surface area contributed by atoms with Crippen molar-refractivity contribution in [3.8, 4) is 0 Å². The van der Waals surface area contributed by atoms with Crippen LogP contribution < -0.4 is 5.32 Å². The average molecular weight is 251 g/mol. The van der Waals surface area contributed by atoms with E-state index in [9.17, 15) is 0 Å². The van der Waals surface area contributed by atoms with E-state index < -0.39 is 0 Å². The van der Waals surface area contributed by atoms with E-state index in [1.165, 1.54) is 17.4 Å². The van der Waals surface area contributed by atoms with E-state index >= 15 is 0 Å². The molecule has 1 unspecified atom stereocenters. The first-order valence-electron chi connectivity index (χ1n) is 5.71. The molecule has 2 heterocycles. The van der Waals surface area contributed by atoms with Gasteiger partial charge in [-0.15, -0.1) is 0 Å².